The van der Waals surface area contributed by atoms with Crippen molar-refractivity contribution >= 4 is 16.8 Å². The number of hydrogen-bond acceptors (Lipinski definition) is 2. The zero-order valence-corrected chi connectivity index (χ0v) is 5.46. The summed E-state index contributed by atoms with van der Waals surface area (Å²) in [5, 5.41) is 1.98. The van der Waals surface area contributed by atoms with Gasteiger partial charge in [-0.1, -0.05) is 6.92 Å². The average Bonchev–Trinajstić information content (AvgIpc) is 1.87. The second-order valence-electron chi connectivity index (χ2n) is 1.79. The molecule has 0 spiro atoms. The van der Waals surface area contributed by atoms with Crippen LogP contribution in [0.15, 0.2) is 4.99 Å². The standard InChI is InChI=1S/C5H9NS/c1-4-3-6-5(2)7-4/h4H,3H2,1-2H3/t4-/m0/s1. The molecule has 0 saturated heterocycles. The smallest absolute Gasteiger partial charge is 0.0648 e. The van der Waals surface area contributed by atoms with Crippen LogP contribution in [0.1, 0.15) is 13.8 Å². The van der Waals surface area contributed by atoms with Crippen LogP contribution in [0.25, 0.3) is 0 Å². The minimum Gasteiger partial charge on any atom is -0.282 e. The van der Waals surface area contributed by atoms with Crippen LogP contribution < -0.4 is 0 Å². The van der Waals surface area contributed by atoms with Crippen LogP contribution >= 0.6 is 11.8 Å². The summed E-state index contributed by atoms with van der Waals surface area (Å²) in [7, 11) is 0. The molecule has 40 valence electrons. The van der Waals surface area contributed by atoms with Crippen LogP contribution in [0.4, 0.5) is 0 Å². The van der Waals surface area contributed by atoms with Gasteiger partial charge in [-0.2, -0.15) is 0 Å². The van der Waals surface area contributed by atoms with Crippen molar-refractivity contribution in [3.05, 3.63) is 0 Å². The Bertz CT molecular complexity index is 98.3. The van der Waals surface area contributed by atoms with E-state index in [9.17, 15) is 0 Å². The lowest BCUT2D eigenvalue weighted by Crippen LogP contribution is -1.92. The van der Waals surface area contributed by atoms with Crippen LogP contribution in [-0.4, -0.2) is 16.8 Å². The molecule has 0 radical (unpaired) electrons. The molecule has 0 amide bonds. The fourth-order valence-corrected chi connectivity index (χ4v) is 1.50. The Morgan fingerprint density at radius 1 is 1.86 bits per heavy atom. The van der Waals surface area contributed by atoms with Gasteiger partial charge in [0.25, 0.3) is 0 Å². The van der Waals surface area contributed by atoms with Gasteiger partial charge in [0, 0.05) is 5.25 Å². The largest absolute Gasteiger partial charge is 0.282 e. The van der Waals surface area contributed by atoms with E-state index in [1.807, 2.05) is 11.8 Å². The topological polar surface area (TPSA) is 12.4 Å². The Kier molecular flexibility index (Phi) is 1.38. The molecule has 7 heavy (non-hydrogen) atoms. The van der Waals surface area contributed by atoms with Gasteiger partial charge in [0.05, 0.1) is 11.6 Å². The molecule has 0 aromatic rings. The second-order valence-corrected chi connectivity index (χ2v) is 3.42. The number of aliphatic imine (C=N–C) groups is 1. The van der Waals surface area contributed by atoms with E-state index in [-0.39, 0.29) is 0 Å². The van der Waals surface area contributed by atoms with E-state index in [0.29, 0.717) is 0 Å². The molecular weight excluding hydrogens is 106 g/mol. The maximum absolute atomic E-state index is 4.20. The molecule has 0 aromatic heterocycles. The molecule has 1 heterocycles. The molecular formula is C5H9NS. The normalized spacial score (nSPS) is 30.6. The predicted molar refractivity (Wildman–Crippen MR) is 35.0 cm³/mol. The van der Waals surface area contributed by atoms with Crippen LogP contribution in [0, 0.1) is 0 Å². The summed E-state index contributed by atoms with van der Waals surface area (Å²) in [6, 6.07) is 0. The molecule has 0 saturated carbocycles. The first-order chi connectivity index (χ1) is 3.29. The van der Waals surface area contributed by atoms with Crippen molar-refractivity contribution in [2.45, 2.75) is 19.1 Å². The fourth-order valence-electron chi connectivity index (χ4n) is 0.623. The fraction of sp³-hybridized carbons (Fsp3) is 0.800. The van der Waals surface area contributed by atoms with Gasteiger partial charge in [0.2, 0.25) is 0 Å². The Balaban J connectivity index is 2.42. The first-order valence-corrected chi connectivity index (χ1v) is 3.34. The maximum Gasteiger partial charge on any atom is 0.0648 e. The molecule has 0 bridgehead atoms. The Morgan fingerprint density at radius 2 is 2.57 bits per heavy atom. The number of rotatable bonds is 0. The van der Waals surface area contributed by atoms with E-state index >= 15 is 0 Å². The molecule has 0 N–H and O–H groups in total. The third kappa shape index (κ3) is 1.20. The number of thioether (sulfide) groups is 1. The summed E-state index contributed by atoms with van der Waals surface area (Å²) < 4.78 is 0. The van der Waals surface area contributed by atoms with Crippen LogP contribution in [0.2, 0.25) is 0 Å². The summed E-state index contributed by atoms with van der Waals surface area (Å²) in [6.07, 6.45) is 0. The average molecular weight is 115 g/mol. The van der Waals surface area contributed by atoms with E-state index in [0.717, 1.165) is 11.8 Å². The summed E-state index contributed by atoms with van der Waals surface area (Å²) in [6.45, 7) is 5.29. The molecule has 0 unspecified atom stereocenters. The lowest BCUT2D eigenvalue weighted by atomic mass is 10.5. The predicted octanol–water partition coefficient (Wildman–Crippen LogP) is 1.54. The van der Waals surface area contributed by atoms with Crippen LogP contribution in [-0.2, 0) is 0 Å². The monoisotopic (exact) mass is 115 g/mol. The van der Waals surface area contributed by atoms with Gasteiger partial charge < -0.3 is 0 Å². The van der Waals surface area contributed by atoms with Crippen LogP contribution in [0.5, 0.6) is 0 Å². The summed E-state index contributed by atoms with van der Waals surface area (Å²) in [5.41, 5.74) is 0. The number of nitrogens with zero attached hydrogens (tertiary/aromatic N) is 1. The van der Waals surface area contributed by atoms with Gasteiger partial charge in [-0.3, -0.25) is 4.99 Å². The van der Waals surface area contributed by atoms with Crippen molar-refractivity contribution in [2.75, 3.05) is 6.54 Å². The number of hydrogen-bond donors (Lipinski definition) is 0. The highest BCUT2D eigenvalue weighted by molar-refractivity contribution is 8.14. The van der Waals surface area contributed by atoms with Crippen molar-refractivity contribution in [1.29, 1.82) is 0 Å². The highest BCUT2D eigenvalue weighted by atomic mass is 32.2. The molecule has 0 fully saturated rings. The van der Waals surface area contributed by atoms with E-state index in [4.69, 9.17) is 0 Å². The second kappa shape index (κ2) is 1.86. The first-order valence-electron chi connectivity index (χ1n) is 2.47. The van der Waals surface area contributed by atoms with Gasteiger partial charge in [-0.15, -0.1) is 11.8 Å². The summed E-state index contributed by atoms with van der Waals surface area (Å²) in [4.78, 5) is 4.20. The van der Waals surface area contributed by atoms with Crippen LogP contribution in [0.3, 0.4) is 0 Å². The highest BCUT2D eigenvalue weighted by Crippen LogP contribution is 2.18. The van der Waals surface area contributed by atoms with Gasteiger partial charge in [0.1, 0.15) is 0 Å². The molecule has 1 rings (SSSR count). The van der Waals surface area contributed by atoms with Crippen molar-refractivity contribution < 1.29 is 0 Å². The molecule has 1 aliphatic rings. The highest BCUT2D eigenvalue weighted by Gasteiger charge is 2.09. The van der Waals surface area contributed by atoms with Gasteiger partial charge in [0.15, 0.2) is 0 Å². The van der Waals surface area contributed by atoms with E-state index in [2.05, 4.69) is 18.8 Å². The summed E-state index contributed by atoms with van der Waals surface area (Å²) >= 11 is 1.87. The van der Waals surface area contributed by atoms with Gasteiger partial charge in [-0.05, 0) is 6.92 Å². The van der Waals surface area contributed by atoms with E-state index in [1.54, 1.807) is 0 Å². The van der Waals surface area contributed by atoms with Gasteiger partial charge in [-0.25, -0.2) is 0 Å². The molecule has 1 atom stereocenters. The minimum absolute atomic E-state index is 0.736. The zero-order valence-electron chi connectivity index (χ0n) is 4.64. The Morgan fingerprint density at radius 3 is 2.71 bits per heavy atom. The Labute approximate surface area is 48.2 Å². The molecule has 2 heteroatoms. The van der Waals surface area contributed by atoms with Crippen molar-refractivity contribution in [2.24, 2.45) is 4.99 Å². The lowest BCUT2D eigenvalue weighted by molar-refractivity contribution is 0.976. The Hall–Kier alpha value is 0.0200. The van der Waals surface area contributed by atoms with Crippen molar-refractivity contribution in [3.63, 3.8) is 0 Å². The molecule has 0 aromatic carbocycles. The van der Waals surface area contributed by atoms with Gasteiger partial charge >= 0.3 is 0 Å². The third-order valence-corrected chi connectivity index (χ3v) is 1.96. The SMILES string of the molecule is CC1=NC[C@H](C)S1. The first kappa shape index (κ1) is 5.16. The zero-order chi connectivity index (χ0) is 5.28. The lowest BCUT2D eigenvalue weighted by Gasteiger charge is -1.92. The van der Waals surface area contributed by atoms with E-state index < -0.39 is 0 Å². The van der Waals surface area contributed by atoms with E-state index in [1.165, 1.54) is 5.04 Å². The van der Waals surface area contributed by atoms with Crippen molar-refractivity contribution in [3.8, 4) is 0 Å². The molecule has 0 aliphatic carbocycles. The minimum atomic E-state index is 0.736. The summed E-state index contributed by atoms with van der Waals surface area (Å²) in [5.74, 6) is 0. The van der Waals surface area contributed by atoms with Crippen molar-refractivity contribution in [1.82, 2.24) is 0 Å². The molecule has 1 aliphatic heterocycles. The quantitative estimate of drug-likeness (QED) is 0.466. The maximum atomic E-state index is 4.20. The molecule has 1 nitrogen and oxygen atoms in total. The third-order valence-electron chi connectivity index (χ3n) is 0.943.